The summed E-state index contributed by atoms with van der Waals surface area (Å²) in [5, 5.41) is 9.64. The quantitative estimate of drug-likeness (QED) is 0.391. The van der Waals surface area contributed by atoms with Gasteiger partial charge in [0.25, 0.3) is 0 Å². The first-order valence-electron chi connectivity index (χ1n) is 12.6. The fourth-order valence-corrected chi connectivity index (χ4v) is 3.42. The van der Waals surface area contributed by atoms with Gasteiger partial charge in [-0.25, -0.2) is 0 Å². The number of allylic oxidation sites excluding steroid dienone is 1. The number of hydrogen-bond donors (Lipinski definition) is 2. The van der Waals surface area contributed by atoms with E-state index >= 15 is 0 Å². The SMILES string of the molecule is C=CNc1cn[nH]c1C(=C)C.CC.Cc1ccc(CCCN2CCCC2)nc1.Cc1cccnc1. The van der Waals surface area contributed by atoms with E-state index in [9.17, 15) is 0 Å². The summed E-state index contributed by atoms with van der Waals surface area (Å²) in [6.45, 7) is 21.2. The zero-order chi connectivity index (χ0) is 25.9. The molecule has 0 saturated carbocycles. The minimum absolute atomic E-state index is 0.910. The van der Waals surface area contributed by atoms with Gasteiger partial charge in [-0.05, 0) is 101 Å². The Kier molecular flexibility index (Phi) is 15.4. The summed E-state index contributed by atoms with van der Waals surface area (Å²) in [6, 6.07) is 8.25. The van der Waals surface area contributed by atoms with Gasteiger partial charge in [0.1, 0.15) is 0 Å². The lowest BCUT2D eigenvalue weighted by atomic mass is 10.2. The Labute approximate surface area is 212 Å². The zero-order valence-corrected chi connectivity index (χ0v) is 22.3. The molecule has 0 unspecified atom stereocenters. The molecular weight excluding hydrogens is 432 g/mol. The number of nitrogens with zero attached hydrogens (tertiary/aromatic N) is 4. The Morgan fingerprint density at radius 1 is 1.09 bits per heavy atom. The molecule has 6 nitrogen and oxygen atoms in total. The third kappa shape index (κ3) is 12.7. The standard InChI is InChI=1S/C13H20N2.C8H11N3.C6H7N.C2H6/c1-12-6-7-13(14-11-12)5-4-10-15-8-2-3-9-15;1-4-9-7-5-10-11-8(7)6(2)3;1-6-3-2-4-7-5-6;1-2/h6-7,11H,2-5,8-10H2,1H3;4-5,9H,1-2H2,3H3,(H,10,11);2-5H,1H3;1-2H3. The van der Waals surface area contributed by atoms with Crippen molar-refractivity contribution in [2.45, 2.75) is 60.3 Å². The molecule has 35 heavy (non-hydrogen) atoms. The molecule has 0 radical (unpaired) electrons. The van der Waals surface area contributed by atoms with Crippen molar-refractivity contribution in [2.24, 2.45) is 0 Å². The average molecular weight is 477 g/mol. The predicted octanol–water partition coefficient (Wildman–Crippen LogP) is 6.83. The summed E-state index contributed by atoms with van der Waals surface area (Å²) < 4.78 is 0. The molecule has 0 amide bonds. The van der Waals surface area contributed by atoms with Gasteiger partial charge in [-0.15, -0.1) is 0 Å². The first-order valence-corrected chi connectivity index (χ1v) is 12.6. The van der Waals surface area contributed by atoms with E-state index in [1.807, 2.05) is 52.2 Å². The van der Waals surface area contributed by atoms with Gasteiger partial charge in [0, 0.05) is 24.3 Å². The van der Waals surface area contributed by atoms with Crippen LogP contribution in [0.2, 0.25) is 0 Å². The van der Waals surface area contributed by atoms with Crippen LogP contribution >= 0.6 is 0 Å². The lowest BCUT2D eigenvalue weighted by Crippen LogP contribution is -2.20. The minimum Gasteiger partial charge on any atom is -0.359 e. The molecule has 0 atom stereocenters. The topological polar surface area (TPSA) is 69.7 Å². The molecule has 4 rings (SSSR count). The van der Waals surface area contributed by atoms with Gasteiger partial charge in [0.15, 0.2) is 0 Å². The maximum Gasteiger partial charge on any atom is 0.0840 e. The summed E-state index contributed by atoms with van der Waals surface area (Å²) in [5.74, 6) is 0. The molecule has 3 aromatic heterocycles. The zero-order valence-electron chi connectivity index (χ0n) is 22.3. The number of H-pyrrole nitrogens is 1. The van der Waals surface area contributed by atoms with Crippen molar-refractivity contribution in [3.05, 3.63) is 90.9 Å². The van der Waals surface area contributed by atoms with Crippen LogP contribution in [0.3, 0.4) is 0 Å². The first-order chi connectivity index (χ1) is 17.0. The fourth-order valence-electron chi connectivity index (χ4n) is 3.42. The molecule has 0 aromatic carbocycles. The highest BCUT2D eigenvalue weighted by atomic mass is 15.1. The van der Waals surface area contributed by atoms with Gasteiger partial charge < -0.3 is 10.2 Å². The fraction of sp³-hybridized carbons (Fsp3) is 0.414. The van der Waals surface area contributed by atoms with Crippen LogP contribution in [0.5, 0.6) is 0 Å². The van der Waals surface area contributed by atoms with Crippen LogP contribution in [-0.2, 0) is 6.42 Å². The molecule has 0 spiro atoms. The Balaban J connectivity index is 0.000000269. The van der Waals surface area contributed by atoms with Gasteiger partial charge in [-0.2, -0.15) is 5.10 Å². The molecule has 6 heteroatoms. The van der Waals surface area contributed by atoms with Crippen molar-refractivity contribution >= 4 is 11.3 Å². The Bertz CT molecular complexity index is 941. The van der Waals surface area contributed by atoms with Crippen LogP contribution in [0.4, 0.5) is 5.69 Å². The van der Waals surface area contributed by atoms with Gasteiger partial charge in [0.05, 0.1) is 17.6 Å². The second-order valence-corrected chi connectivity index (χ2v) is 8.30. The summed E-state index contributed by atoms with van der Waals surface area (Å²) >= 11 is 0. The van der Waals surface area contributed by atoms with Gasteiger partial charge in [-0.1, -0.05) is 39.1 Å². The van der Waals surface area contributed by atoms with Crippen molar-refractivity contribution in [1.29, 1.82) is 0 Å². The number of nitrogens with one attached hydrogen (secondary N) is 2. The Morgan fingerprint density at radius 2 is 1.80 bits per heavy atom. The molecule has 1 fully saturated rings. The van der Waals surface area contributed by atoms with Gasteiger partial charge in [-0.3, -0.25) is 15.1 Å². The van der Waals surface area contributed by atoms with Crippen molar-refractivity contribution in [1.82, 2.24) is 25.1 Å². The molecule has 0 bridgehead atoms. The van der Waals surface area contributed by atoms with Crippen molar-refractivity contribution in [2.75, 3.05) is 25.0 Å². The molecular formula is C29H44N6. The van der Waals surface area contributed by atoms with Gasteiger partial charge >= 0.3 is 0 Å². The van der Waals surface area contributed by atoms with E-state index in [4.69, 9.17) is 0 Å². The number of likely N-dealkylation sites (tertiary alicyclic amines) is 1. The molecule has 4 heterocycles. The molecule has 1 aliphatic rings. The summed E-state index contributed by atoms with van der Waals surface area (Å²) in [7, 11) is 0. The minimum atomic E-state index is 0.910. The second-order valence-electron chi connectivity index (χ2n) is 8.30. The van der Waals surface area contributed by atoms with Crippen LogP contribution in [0.15, 0.2) is 68.4 Å². The van der Waals surface area contributed by atoms with E-state index in [0.717, 1.165) is 23.4 Å². The van der Waals surface area contributed by atoms with Gasteiger partial charge in [0.2, 0.25) is 0 Å². The number of aryl methyl sites for hydroxylation is 3. The highest BCUT2D eigenvalue weighted by Crippen LogP contribution is 2.18. The van der Waals surface area contributed by atoms with E-state index in [2.05, 4.69) is 62.6 Å². The lowest BCUT2D eigenvalue weighted by Gasteiger charge is -2.13. The van der Waals surface area contributed by atoms with Crippen LogP contribution in [-0.4, -0.2) is 44.7 Å². The molecule has 1 aliphatic heterocycles. The van der Waals surface area contributed by atoms with E-state index in [1.54, 1.807) is 18.6 Å². The second kappa shape index (κ2) is 18.1. The summed E-state index contributed by atoms with van der Waals surface area (Å²) in [4.78, 5) is 10.9. The lowest BCUT2D eigenvalue weighted by molar-refractivity contribution is 0.333. The summed E-state index contributed by atoms with van der Waals surface area (Å²) in [5.41, 5.74) is 6.48. The third-order valence-corrected chi connectivity index (χ3v) is 5.21. The summed E-state index contributed by atoms with van der Waals surface area (Å²) in [6.07, 6.45) is 14.0. The maximum absolute atomic E-state index is 4.42. The van der Waals surface area contributed by atoms with Crippen LogP contribution in [0.1, 0.15) is 62.5 Å². The largest absolute Gasteiger partial charge is 0.359 e. The van der Waals surface area contributed by atoms with E-state index in [1.165, 1.54) is 55.7 Å². The number of hydrogen-bond acceptors (Lipinski definition) is 5. The smallest absolute Gasteiger partial charge is 0.0840 e. The van der Waals surface area contributed by atoms with E-state index in [-0.39, 0.29) is 0 Å². The van der Waals surface area contributed by atoms with Crippen molar-refractivity contribution in [3.8, 4) is 0 Å². The Hall–Kier alpha value is -3.25. The normalized spacial score (nSPS) is 12.1. The maximum atomic E-state index is 4.42. The van der Waals surface area contributed by atoms with Crippen molar-refractivity contribution < 1.29 is 0 Å². The van der Waals surface area contributed by atoms with Crippen molar-refractivity contribution in [3.63, 3.8) is 0 Å². The molecule has 3 aromatic rings. The molecule has 1 saturated heterocycles. The van der Waals surface area contributed by atoms with Crippen LogP contribution in [0.25, 0.3) is 5.57 Å². The predicted molar refractivity (Wildman–Crippen MR) is 150 cm³/mol. The van der Waals surface area contributed by atoms with E-state index in [0.29, 0.717) is 0 Å². The number of aromatic amines is 1. The molecule has 2 N–H and O–H groups in total. The number of rotatable bonds is 7. The Morgan fingerprint density at radius 3 is 2.31 bits per heavy atom. The third-order valence-electron chi connectivity index (χ3n) is 5.21. The number of pyridine rings is 2. The first kappa shape index (κ1) is 29.8. The average Bonchev–Trinajstić information content (AvgIpc) is 3.56. The highest BCUT2D eigenvalue weighted by molar-refractivity contribution is 5.70. The number of aromatic nitrogens is 4. The molecule has 0 aliphatic carbocycles. The molecule has 190 valence electrons. The van der Waals surface area contributed by atoms with Crippen LogP contribution in [0, 0.1) is 13.8 Å². The van der Waals surface area contributed by atoms with Crippen LogP contribution < -0.4 is 5.32 Å². The van der Waals surface area contributed by atoms with E-state index < -0.39 is 0 Å². The monoisotopic (exact) mass is 476 g/mol. The number of anilines is 1. The highest BCUT2D eigenvalue weighted by Gasteiger charge is 2.10.